The number of likely N-dealkylation sites (N-methyl/N-ethyl adjacent to an activating group) is 1. The van der Waals surface area contributed by atoms with Crippen LogP contribution in [0.25, 0.3) is 0 Å². The van der Waals surface area contributed by atoms with Gasteiger partial charge in [-0.1, -0.05) is 0 Å². The highest BCUT2D eigenvalue weighted by Gasteiger charge is 2.21. The minimum atomic E-state index is -0.965. The van der Waals surface area contributed by atoms with Crippen LogP contribution < -0.4 is 10.6 Å². The van der Waals surface area contributed by atoms with Crippen LogP contribution in [-0.2, 0) is 0 Å². The van der Waals surface area contributed by atoms with Gasteiger partial charge in [-0.3, -0.25) is 0 Å². The quantitative estimate of drug-likeness (QED) is 0.782. The van der Waals surface area contributed by atoms with Gasteiger partial charge in [0.05, 0.1) is 5.56 Å². The van der Waals surface area contributed by atoms with Gasteiger partial charge in [-0.05, 0) is 50.7 Å². The van der Waals surface area contributed by atoms with Crippen LogP contribution >= 0.6 is 0 Å². The van der Waals surface area contributed by atoms with Crippen molar-refractivity contribution in [2.45, 2.75) is 19.4 Å². The molecule has 6 nitrogen and oxygen atoms in total. The van der Waals surface area contributed by atoms with Gasteiger partial charge in [-0.25, -0.2) is 9.59 Å². The van der Waals surface area contributed by atoms with Crippen molar-refractivity contribution in [3.63, 3.8) is 0 Å². The molecule has 108 valence electrons. The number of anilines is 1. The van der Waals surface area contributed by atoms with Crippen molar-refractivity contribution in [2.24, 2.45) is 0 Å². The van der Waals surface area contributed by atoms with Gasteiger partial charge in [0.25, 0.3) is 0 Å². The Bertz CT molecular complexity index is 530. The highest BCUT2D eigenvalue weighted by atomic mass is 16.4. The van der Waals surface area contributed by atoms with Crippen molar-refractivity contribution >= 4 is 17.7 Å². The Labute approximate surface area is 117 Å². The maximum atomic E-state index is 11.8. The van der Waals surface area contributed by atoms with Gasteiger partial charge in [-0.15, -0.1) is 0 Å². The van der Waals surface area contributed by atoms with Crippen LogP contribution in [0.4, 0.5) is 10.5 Å². The zero-order valence-electron chi connectivity index (χ0n) is 11.6. The molecule has 0 aliphatic carbocycles. The summed E-state index contributed by atoms with van der Waals surface area (Å²) in [4.78, 5) is 24.9. The lowest BCUT2D eigenvalue weighted by atomic mass is 10.1. The largest absolute Gasteiger partial charge is 0.478 e. The SMILES string of the molecule is Cc1cc(NC(=O)NC2CCN(C)C2)ccc1C(=O)O. The van der Waals surface area contributed by atoms with Crippen LogP contribution in [0.15, 0.2) is 18.2 Å². The molecule has 2 rings (SSSR count). The lowest BCUT2D eigenvalue weighted by Crippen LogP contribution is -2.39. The first-order chi connectivity index (χ1) is 9.45. The molecule has 1 aromatic rings. The molecule has 20 heavy (non-hydrogen) atoms. The molecule has 0 bridgehead atoms. The second kappa shape index (κ2) is 5.92. The van der Waals surface area contributed by atoms with Crippen molar-refractivity contribution < 1.29 is 14.7 Å². The summed E-state index contributed by atoms with van der Waals surface area (Å²) in [5, 5.41) is 14.6. The fourth-order valence-electron chi connectivity index (χ4n) is 2.39. The number of carboxylic acids is 1. The molecule has 2 amide bonds. The molecule has 1 atom stereocenters. The normalized spacial score (nSPS) is 18.8. The Morgan fingerprint density at radius 3 is 2.70 bits per heavy atom. The van der Waals surface area contributed by atoms with E-state index in [0.29, 0.717) is 11.3 Å². The highest BCUT2D eigenvalue weighted by Crippen LogP contribution is 2.15. The van der Waals surface area contributed by atoms with Crippen molar-refractivity contribution in [3.8, 4) is 0 Å². The number of carbonyl (C=O) groups excluding carboxylic acids is 1. The molecule has 1 aliphatic rings. The number of carbonyl (C=O) groups is 2. The summed E-state index contributed by atoms with van der Waals surface area (Å²) in [5.41, 5.74) is 1.46. The molecule has 1 aliphatic heterocycles. The smallest absolute Gasteiger partial charge is 0.335 e. The van der Waals surface area contributed by atoms with E-state index < -0.39 is 5.97 Å². The average Bonchev–Trinajstić information content (AvgIpc) is 2.74. The van der Waals surface area contributed by atoms with E-state index in [1.807, 2.05) is 7.05 Å². The number of benzene rings is 1. The van der Waals surface area contributed by atoms with E-state index in [0.717, 1.165) is 19.5 Å². The molecule has 6 heteroatoms. The van der Waals surface area contributed by atoms with Gasteiger partial charge in [0.1, 0.15) is 0 Å². The molecule has 1 heterocycles. The van der Waals surface area contributed by atoms with Gasteiger partial charge in [0.2, 0.25) is 0 Å². The van der Waals surface area contributed by atoms with E-state index >= 15 is 0 Å². The Morgan fingerprint density at radius 2 is 2.15 bits per heavy atom. The number of likely N-dealkylation sites (tertiary alicyclic amines) is 1. The molecule has 0 aromatic heterocycles. The standard InChI is InChI=1S/C14H19N3O3/c1-9-7-10(3-4-12(9)13(18)19)15-14(20)16-11-5-6-17(2)8-11/h3-4,7,11H,5-6,8H2,1-2H3,(H,18,19)(H2,15,16,20). The van der Waals surface area contributed by atoms with E-state index in [1.165, 1.54) is 6.07 Å². The Kier molecular flexibility index (Phi) is 4.24. The molecule has 1 saturated heterocycles. The van der Waals surface area contributed by atoms with Gasteiger partial charge < -0.3 is 20.6 Å². The van der Waals surface area contributed by atoms with Gasteiger partial charge in [0, 0.05) is 18.3 Å². The summed E-state index contributed by atoms with van der Waals surface area (Å²) in [6.45, 7) is 3.54. The third kappa shape index (κ3) is 3.48. The average molecular weight is 277 g/mol. The summed E-state index contributed by atoms with van der Waals surface area (Å²) in [6, 6.07) is 4.66. The van der Waals surface area contributed by atoms with E-state index in [-0.39, 0.29) is 17.6 Å². The lowest BCUT2D eigenvalue weighted by Gasteiger charge is -2.14. The number of carboxylic acid groups (broad SMARTS) is 1. The second-order valence-corrected chi connectivity index (χ2v) is 5.18. The molecule has 0 radical (unpaired) electrons. The number of nitrogens with zero attached hydrogens (tertiary/aromatic N) is 1. The predicted molar refractivity (Wildman–Crippen MR) is 76.2 cm³/mol. The number of rotatable bonds is 3. The third-order valence-electron chi connectivity index (χ3n) is 3.44. The van der Waals surface area contributed by atoms with Crippen LogP contribution in [0.3, 0.4) is 0 Å². The molecule has 0 saturated carbocycles. The Balaban J connectivity index is 1.94. The van der Waals surface area contributed by atoms with Crippen LogP contribution in [0.5, 0.6) is 0 Å². The fraction of sp³-hybridized carbons (Fsp3) is 0.429. The number of aryl methyl sites for hydroxylation is 1. The number of hydrogen-bond donors (Lipinski definition) is 3. The van der Waals surface area contributed by atoms with Crippen molar-refractivity contribution in [3.05, 3.63) is 29.3 Å². The zero-order chi connectivity index (χ0) is 14.7. The maximum Gasteiger partial charge on any atom is 0.335 e. The maximum absolute atomic E-state index is 11.8. The third-order valence-corrected chi connectivity index (χ3v) is 3.44. The first kappa shape index (κ1) is 14.3. The van der Waals surface area contributed by atoms with Crippen LogP contribution in [0.1, 0.15) is 22.3 Å². The number of nitrogens with one attached hydrogen (secondary N) is 2. The predicted octanol–water partition coefficient (Wildman–Crippen LogP) is 1.52. The molecule has 3 N–H and O–H groups in total. The summed E-state index contributed by atoms with van der Waals surface area (Å²) in [6.07, 6.45) is 0.945. The van der Waals surface area contributed by atoms with Crippen LogP contribution in [0.2, 0.25) is 0 Å². The minimum absolute atomic E-state index is 0.166. The first-order valence-electron chi connectivity index (χ1n) is 6.55. The zero-order valence-corrected chi connectivity index (χ0v) is 11.6. The number of hydrogen-bond acceptors (Lipinski definition) is 3. The molecule has 1 fully saturated rings. The number of urea groups is 1. The minimum Gasteiger partial charge on any atom is -0.478 e. The number of amides is 2. The summed E-state index contributed by atoms with van der Waals surface area (Å²) >= 11 is 0. The van der Waals surface area contributed by atoms with Crippen LogP contribution in [-0.4, -0.2) is 48.2 Å². The molecule has 1 unspecified atom stereocenters. The summed E-state index contributed by atoms with van der Waals surface area (Å²) in [7, 11) is 2.02. The van der Waals surface area contributed by atoms with E-state index in [2.05, 4.69) is 15.5 Å². The van der Waals surface area contributed by atoms with E-state index in [9.17, 15) is 9.59 Å². The van der Waals surface area contributed by atoms with Crippen molar-refractivity contribution in [1.82, 2.24) is 10.2 Å². The van der Waals surface area contributed by atoms with Crippen LogP contribution in [0, 0.1) is 6.92 Å². The lowest BCUT2D eigenvalue weighted by molar-refractivity contribution is 0.0696. The van der Waals surface area contributed by atoms with Gasteiger partial charge >= 0.3 is 12.0 Å². The van der Waals surface area contributed by atoms with Crippen molar-refractivity contribution in [1.29, 1.82) is 0 Å². The summed E-state index contributed by atoms with van der Waals surface area (Å²) in [5.74, 6) is -0.965. The van der Waals surface area contributed by atoms with E-state index in [1.54, 1.807) is 19.1 Å². The second-order valence-electron chi connectivity index (χ2n) is 5.18. The first-order valence-corrected chi connectivity index (χ1v) is 6.55. The van der Waals surface area contributed by atoms with Crippen molar-refractivity contribution in [2.75, 3.05) is 25.5 Å². The Hall–Kier alpha value is -2.08. The molecule has 0 spiro atoms. The highest BCUT2D eigenvalue weighted by molar-refractivity contribution is 5.92. The molecular formula is C14H19N3O3. The van der Waals surface area contributed by atoms with Gasteiger partial charge in [-0.2, -0.15) is 0 Å². The molecule has 1 aromatic carbocycles. The monoisotopic (exact) mass is 277 g/mol. The Morgan fingerprint density at radius 1 is 1.40 bits per heavy atom. The summed E-state index contributed by atoms with van der Waals surface area (Å²) < 4.78 is 0. The topological polar surface area (TPSA) is 81.7 Å². The number of aromatic carboxylic acids is 1. The molecular weight excluding hydrogens is 258 g/mol. The fourth-order valence-corrected chi connectivity index (χ4v) is 2.39. The van der Waals surface area contributed by atoms with E-state index in [4.69, 9.17) is 5.11 Å². The van der Waals surface area contributed by atoms with Gasteiger partial charge in [0.15, 0.2) is 0 Å².